The minimum Gasteiger partial charge on any atom is -0.497 e. The van der Waals surface area contributed by atoms with E-state index in [9.17, 15) is 4.79 Å². The van der Waals surface area contributed by atoms with Crippen LogP contribution in [0.2, 0.25) is 0 Å². The highest BCUT2D eigenvalue weighted by atomic mass is 35.5. The van der Waals surface area contributed by atoms with Gasteiger partial charge in [0.05, 0.1) is 7.11 Å². The molecule has 0 radical (unpaired) electrons. The minimum absolute atomic E-state index is 0. The zero-order chi connectivity index (χ0) is 10.8. The quantitative estimate of drug-likeness (QED) is 0.820. The van der Waals surface area contributed by atoms with Gasteiger partial charge in [0.1, 0.15) is 11.8 Å². The SMILES string of the molecule is COc1ccc2c(c1)C[C@@H](C(=O)O)NC2.Cl. The van der Waals surface area contributed by atoms with Crippen molar-refractivity contribution in [3.63, 3.8) is 0 Å². The molecule has 0 amide bonds. The molecule has 0 aliphatic carbocycles. The zero-order valence-electron chi connectivity index (χ0n) is 8.90. The lowest BCUT2D eigenvalue weighted by atomic mass is 9.96. The lowest BCUT2D eigenvalue weighted by molar-refractivity contribution is -0.139. The first-order valence-electron chi connectivity index (χ1n) is 4.82. The molecule has 0 bridgehead atoms. The van der Waals surface area contributed by atoms with Crippen molar-refractivity contribution >= 4 is 18.4 Å². The largest absolute Gasteiger partial charge is 0.497 e. The Bertz CT molecular complexity index is 395. The Balaban J connectivity index is 0.00000128. The van der Waals surface area contributed by atoms with Crippen LogP contribution in [0, 0.1) is 0 Å². The number of hydrogen-bond acceptors (Lipinski definition) is 3. The average Bonchev–Trinajstić information content (AvgIpc) is 2.27. The molecule has 1 aliphatic heterocycles. The highest BCUT2D eigenvalue weighted by Gasteiger charge is 2.23. The van der Waals surface area contributed by atoms with Crippen molar-refractivity contribution in [2.45, 2.75) is 19.0 Å². The summed E-state index contributed by atoms with van der Waals surface area (Å²) in [5, 5.41) is 11.9. The molecule has 1 aromatic carbocycles. The summed E-state index contributed by atoms with van der Waals surface area (Å²) in [6.07, 6.45) is 0.516. The van der Waals surface area contributed by atoms with Gasteiger partial charge in [-0.15, -0.1) is 12.4 Å². The summed E-state index contributed by atoms with van der Waals surface area (Å²) in [5.41, 5.74) is 2.20. The van der Waals surface area contributed by atoms with E-state index in [2.05, 4.69) is 5.32 Å². The van der Waals surface area contributed by atoms with Gasteiger partial charge in [-0.2, -0.15) is 0 Å². The van der Waals surface area contributed by atoms with Crippen molar-refractivity contribution in [2.75, 3.05) is 7.11 Å². The normalized spacial score (nSPS) is 18.2. The highest BCUT2D eigenvalue weighted by Crippen LogP contribution is 2.22. The number of ether oxygens (including phenoxy) is 1. The van der Waals surface area contributed by atoms with E-state index in [4.69, 9.17) is 9.84 Å². The van der Waals surface area contributed by atoms with Gasteiger partial charge >= 0.3 is 5.97 Å². The lowest BCUT2D eigenvalue weighted by Crippen LogP contribution is -2.41. The van der Waals surface area contributed by atoms with Crippen LogP contribution in [0.5, 0.6) is 5.75 Å². The Hall–Kier alpha value is -1.26. The maximum absolute atomic E-state index is 10.8. The molecule has 2 rings (SSSR count). The van der Waals surface area contributed by atoms with E-state index in [1.807, 2.05) is 18.2 Å². The second kappa shape index (κ2) is 5.18. The van der Waals surface area contributed by atoms with Crippen molar-refractivity contribution in [3.8, 4) is 5.75 Å². The third-order valence-corrected chi connectivity index (χ3v) is 2.67. The number of nitrogens with one attached hydrogen (secondary N) is 1. The van der Waals surface area contributed by atoms with Gasteiger partial charge in [0.2, 0.25) is 0 Å². The second-order valence-electron chi connectivity index (χ2n) is 3.61. The molecule has 0 saturated carbocycles. The summed E-state index contributed by atoms with van der Waals surface area (Å²) in [7, 11) is 1.61. The fourth-order valence-corrected chi connectivity index (χ4v) is 1.79. The van der Waals surface area contributed by atoms with Crippen molar-refractivity contribution < 1.29 is 14.6 Å². The van der Waals surface area contributed by atoms with Crippen molar-refractivity contribution in [1.82, 2.24) is 5.32 Å². The van der Waals surface area contributed by atoms with Crippen LogP contribution in [0.4, 0.5) is 0 Å². The molecule has 4 nitrogen and oxygen atoms in total. The molecule has 1 heterocycles. The number of carbonyl (C=O) groups is 1. The molecule has 0 spiro atoms. The first-order chi connectivity index (χ1) is 7.20. The summed E-state index contributed by atoms with van der Waals surface area (Å²) in [6.45, 7) is 0.607. The summed E-state index contributed by atoms with van der Waals surface area (Å²) in [4.78, 5) is 10.8. The van der Waals surface area contributed by atoms with Crippen LogP contribution in [-0.2, 0) is 17.8 Å². The Labute approximate surface area is 100 Å². The topological polar surface area (TPSA) is 58.6 Å². The molecule has 1 atom stereocenters. The molecule has 2 N–H and O–H groups in total. The zero-order valence-corrected chi connectivity index (χ0v) is 9.71. The third kappa shape index (κ3) is 2.46. The van der Waals surface area contributed by atoms with Crippen molar-refractivity contribution in [1.29, 1.82) is 0 Å². The number of carboxylic acids is 1. The molecule has 88 valence electrons. The Morgan fingerprint density at radius 2 is 2.25 bits per heavy atom. The summed E-state index contributed by atoms with van der Waals surface area (Å²) < 4.78 is 5.11. The van der Waals surface area contributed by atoms with Crippen LogP contribution in [-0.4, -0.2) is 24.2 Å². The third-order valence-electron chi connectivity index (χ3n) is 2.67. The molecule has 0 fully saturated rings. The number of aliphatic carboxylic acids is 1. The van der Waals surface area contributed by atoms with Gasteiger partial charge in [-0.25, -0.2) is 0 Å². The Kier molecular flexibility index (Phi) is 4.15. The second-order valence-corrected chi connectivity index (χ2v) is 3.61. The molecule has 5 heteroatoms. The number of benzene rings is 1. The van der Waals surface area contributed by atoms with Gasteiger partial charge in [0, 0.05) is 6.54 Å². The smallest absolute Gasteiger partial charge is 0.321 e. The van der Waals surface area contributed by atoms with Crippen molar-refractivity contribution in [2.24, 2.45) is 0 Å². The number of methoxy groups -OCH3 is 1. The monoisotopic (exact) mass is 243 g/mol. The van der Waals surface area contributed by atoms with E-state index >= 15 is 0 Å². The predicted octanol–water partition coefficient (Wildman–Crippen LogP) is 1.22. The number of carboxylic acid groups (broad SMARTS) is 1. The Morgan fingerprint density at radius 3 is 2.88 bits per heavy atom. The number of halogens is 1. The predicted molar refractivity (Wildman–Crippen MR) is 62.2 cm³/mol. The van der Waals surface area contributed by atoms with Crippen LogP contribution in [0.1, 0.15) is 11.1 Å². The summed E-state index contributed by atoms with van der Waals surface area (Å²) in [5.74, 6) is -0.0248. The van der Waals surface area contributed by atoms with E-state index in [1.165, 1.54) is 0 Å². The van der Waals surface area contributed by atoms with Crippen LogP contribution < -0.4 is 10.1 Å². The maximum atomic E-state index is 10.8. The first kappa shape index (κ1) is 12.8. The molecule has 1 aliphatic rings. The summed E-state index contributed by atoms with van der Waals surface area (Å²) >= 11 is 0. The van der Waals surface area contributed by atoms with Crippen LogP contribution in [0.25, 0.3) is 0 Å². The van der Waals surface area contributed by atoms with Gasteiger partial charge in [0.15, 0.2) is 0 Å². The van der Waals surface area contributed by atoms with Gasteiger partial charge in [-0.3, -0.25) is 4.79 Å². The average molecular weight is 244 g/mol. The lowest BCUT2D eigenvalue weighted by Gasteiger charge is -2.23. The van der Waals surface area contributed by atoms with E-state index in [1.54, 1.807) is 7.11 Å². The molecular formula is C11H14ClNO3. The molecular weight excluding hydrogens is 230 g/mol. The summed E-state index contributed by atoms with van der Waals surface area (Å²) in [6, 6.07) is 5.29. The molecule has 0 aromatic heterocycles. The molecule has 0 saturated heterocycles. The first-order valence-corrected chi connectivity index (χ1v) is 4.82. The fraction of sp³-hybridized carbons (Fsp3) is 0.364. The standard InChI is InChI=1S/C11H13NO3.ClH/c1-15-9-3-2-7-6-12-10(11(13)14)5-8(7)4-9;/h2-4,10,12H,5-6H2,1H3,(H,13,14);1H/t10-;/m0./s1. The number of rotatable bonds is 2. The maximum Gasteiger partial charge on any atom is 0.321 e. The van der Waals surface area contributed by atoms with Gasteiger partial charge in [0.25, 0.3) is 0 Å². The molecule has 0 unspecified atom stereocenters. The molecule has 16 heavy (non-hydrogen) atoms. The van der Waals surface area contributed by atoms with E-state index in [0.717, 1.165) is 16.9 Å². The number of fused-ring (bicyclic) bond motifs is 1. The van der Waals surface area contributed by atoms with E-state index < -0.39 is 12.0 Å². The Morgan fingerprint density at radius 1 is 1.50 bits per heavy atom. The molecule has 1 aromatic rings. The van der Waals surface area contributed by atoms with Crippen LogP contribution in [0.15, 0.2) is 18.2 Å². The van der Waals surface area contributed by atoms with Crippen LogP contribution >= 0.6 is 12.4 Å². The minimum atomic E-state index is -0.802. The van der Waals surface area contributed by atoms with E-state index in [0.29, 0.717) is 13.0 Å². The number of hydrogen-bond donors (Lipinski definition) is 2. The highest BCUT2D eigenvalue weighted by molar-refractivity contribution is 5.85. The van der Waals surface area contributed by atoms with Crippen LogP contribution in [0.3, 0.4) is 0 Å². The van der Waals surface area contributed by atoms with Crippen molar-refractivity contribution in [3.05, 3.63) is 29.3 Å². The van der Waals surface area contributed by atoms with Gasteiger partial charge in [-0.05, 0) is 29.7 Å². The van der Waals surface area contributed by atoms with Gasteiger partial charge in [-0.1, -0.05) is 6.07 Å². The fourth-order valence-electron chi connectivity index (χ4n) is 1.79. The van der Waals surface area contributed by atoms with Gasteiger partial charge < -0.3 is 15.2 Å². The van der Waals surface area contributed by atoms with E-state index in [-0.39, 0.29) is 12.4 Å².